The van der Waals surface area contributed by atoms with Gasteiger partial charge in [0.15, 0.2) is 0 Å². The summed E-state index contributed by atoms with van der Waals surface area (Å²) in [6.45, 7) is 45.8. The number of hydrogen-bond acceptors (Lipinski definition) is 2. The van der Waals surface area contributed by atoms with Crippen molar-refractivity contribution in [1.82, 2.24) is 0 Å². The fourth-order valence-electron chi connectivity index (χ4n) is 8.71. The molecule has 0 aliphatic carbocycles. The van der Waals surface area contributed by atoms with Crippen molar-refractivity contribution in [2.45, 2.75) is 131 Å². The van der Waals surface area contributed by atoms with Crippen LogP contribution >= 0.6 is 0 Å². The molecule has 0 aliphatic rings. The predicted molar refractivity (Wildman–Crippen MR) is 170 cm³/mol. The van der Waals surface area contributed by atoms with Gasteiger partial charge >= 0.3 is 0 Å². The largest absolute Gasteiger partial charge is 0.400 e. The summed E-state index contributed by atoms with van der Waals surface area (Å²) in [5.74, 6) is 0. The van der Waals surface area contributed by atoms with Crippen LogP contribution < -0.4 is 0 Å². The van der Waals surface area contributed by atoms with E-state index in [1.807, 2.05) is 0 Å². The van der Waals surface area contributed by atoms with E-state index >= 15 is 0 Å². The van der Waals surface area contributed by atoms with E-state index in [0.29, 0.717) is 0 Å². The van der Waals surface area contributed by atoms with E-state index < -0.39 is 51.2 Å². The minimum Gasteiger partial charge on any atom is -0.400 e. The molecule has 0 saturated heterocycles. The zero-order valence-corrected chi connectivity index (χ0v) is 33.4. The fourth-order valence-corrected chi connectivity index (χ4v) is 235. The minimum atomic E-state index is -2.41. The van der Waals surface area contributed by atoms with Crippen LogP contribution in [0.3, 0.4) is 0 Å². The van der Waals surface area contributed by atoms with Gasteiger partial charge in [0.25, 0.3) is 7.60 Å². The molecule has 0 amide bonds. The number of rotatable bonds is 13. The molecule has 0 unspecified atom stereocenters. The molecule has 192 valence electrons. The zero-order valence-electron chi connectivity index (χ0n) is 25.4. The Kier molecular flexibility index (Phi) is 11.5. The van der Waals surface area contributed by atoms with Crippen LogP contribution in [0.25, 0.3) is 0 Å². The van der Waals surface area contributed by atoms with Gasteiger partial charge in [0, 0.05) is 50.2 Å². The van der Waals surface area contributed by atoms with Crippen molar-refractivity contribution < 1.29 is 8.85 Å². The molecule has 0 heterocycles. The van der Waals surface area contributed by atoms with E-state index in [0.717, 1.165) is 32.9 Å². The lowest BCUT2D eigenvalue weighted by atomic mass is 10.6. The van der Waals surface area contributed by atoms with Gasteiger partial charge in [-0.05, 0) is 13.8 Å². The lowest BCUT2D eigenvalue weighted by Crippen LogP contribution is -2.94. The first-order valence-electron chi connectivity index (χ1n) is 13.0. The monoisotopic (exact) mass is 580 g/mol. The second-order valence-electron chi connectivity index (χ2n) is 14.5. The summed E-state index contributed by atoms with van der Waals surface area (Å²) in [4.78, 5) is 0. The SMILES string of the molecule is CCO[Si](OCC)([Si][Si](C(C)C)([Si](C)(C)C)[Si](C)(C)C)[Si](C(C)C)([Si](C)(C)C)[Si](C)(C)C. The smallest absolute Gasteiger partial charge is 0.282 e. The highest BCUT2D eigenvalue weighted by Crippen LogP contribution is 2.48. The maximum atomic E-state index is 7.39. The van der Waals surface area contributed by atoms with Crippen molar-refractivity contribution in [2.75, 3.05) is 13.2 Å². The van der Waals surface area contributed by atoms with Gasteiger partial charge in [0.1, 0.15) is 0 Å². The lowest BCUT2D eigenvalue weighted by molar-refractivity contribution is 0.219. The summed E-state index contributed by atoms with van der Waals surface area (Å²) in [7, 11) is -7.21. The molecule has 0 aromatic rings. The molecule has 0 atom stereocenters. The summed E-state index contributed by atoms with van der Waals surface area (Å²) < 4.78 is 14.8. The second kappa shape index (κ2) is 11.0. The quantitative estimate of drug-likeness (QED) is 0.208. The van der Waals surface area contributed by atoms with Crippen LogP contribution in [0.4, 0.5) is 0 Å². The predicted octanol–water partition coefficient (Wildman–Crippen LogP) is 7.66. The Hall–Kier alpha value is 1.66. The van der Waals surface area contributed by atoms with Crippen LogP contribution in [0, 0.1) is 0 Å². The van der Waals surface area contributed by atoms with Crippen LogP contribution in [-0.2, 0) is 8.85 Å². The maximum Gasteiger partial charge on any atom is 0.282 e. The van der Waals surface area contributed by atoms with Gasteiger partial charge in [-0.25, -0.2) is 0 Å². The summed E-state index contributed by atoms with van der Waals surface area (Å²) in [6, 6.07) is 0. The summed E-state index contributed by atoms with van der Waals surface area (Å²) in [5.41, 5.74) is 1.58. The molecule has 0 rings (SSSR count). The Bertz CT molecular complexity index is 561. The first-order valence-corrected chi connectivity index (χ1v) is 41.0. The topological polar surface area (TPSA) is 18.5 Å². The standard InChI is InChI=1S/C22H60O2Si8/c1-19-23-32(24-20-2,31(22(5)6,28(13,14)15)29(16,17)18)25-30(21(3)4,26(7,8)9)27(10,11)12/h21-22H,19-20H2,1-18H3. The van der Waals surface area contributed by atoms with E-state index in [4.69, 9.17) is 8.85 Å². The molecular formula is C22H60O2Si8. The maximum absolute atomic E-state index is 7.39. The van der Waals surface area contributed by atoms with Crippen molar-refractivity contribution >= 4 is 59.8 Å². The number of hydrogen-bond donors (Lipinski definition) is 0. The highest BCUT2D eigenvalue weighted by atomic mass is 30.2. The molecule has 0 bridgehead atoms. The average molecular weight is 581 g/mol. The van der Waals surface area contributed by atoms with Crippen molar-refractivity contribution in [3.05, 3.63) is 0 Å². The van der Waals surface area contributed by atoms with E-state index in [1.54, 1.807) is 0 Å². The van der Waals surface area contributed by atoms with Gasteiger partial charge in [-0.1, -0.05) is 117 Å². The minimum absolute atomic E-state index is 0.750. The molecule has 0 aromatic heterocycles. The van der Waals surface area contributed by atoms with Gasteiger partial charge in [-0.3, -0.25) is 0 Å². The average Bonchev–Trinajstić information content (AvgIpc) is 2.47. The molecule has 2 radical (unpaired) electrons. The Morgan fingerprint density at radius 3 is 1.00 bits per heavy atom. The molecule has 0 N–H and O–H groups in total. The Labute approximate surface area is 212 Å². The Morgan fingerprint density at radius 1 is 0.531 bits per heavy atom. The van der Waals surface area contributed by atoms with E-state index in [-0.39, 0.29) is 0 Å². The molecule has 32 heavy (non-hydrogen) atoms. The third-order valence-electron chi connectivity index (χ3n) is 8.04. The molecule has 10 heteroatoms. The molecule has 0 saturated carbocycles. The molecule has 0 aromatic carbocycles. The molecule has 0 aliphatic heterocycles. The Morgan fingerprint density at radius 2 is 0.844 bits per heavy atom. The summed E-state index contributed by atoms with van der Waals surface area (Å²) in [6.07, 6.45) is 0. The normalized spacial score (nSPS) is 15.8. The third kappa shape index (κ3) is 5.64. The van der Waals surface area contributed by atoms with E-state index in [9.17, 15) is 0 Å². The van der Waals surface area contributed by atoms with Crippen molar-refractivity contribution in [3.8, 4) is 0 Å². The summed E-state index contributed by atoms with van der Waals surface area (Å²) >= 11 is 0. The zero-order chi connectivity index (χ0) is 26.2. The van der Waals surface area contributed by atoms with Crippen LogP contribution in [0.2, 0.25) is 89.6 Å². The van der Waals surface area contributed by atoms with Gasteiger partial charge < -0.3 is 8.85 Å². The second-order valence-corrected chi connectivity index (χ2v) is 89.8. The highest BCUT2D eigenvalue weighted by molar-refractivity contribution is 8.03. The molecule has 0 spiro atoms. The molecule has 2 nitrogen and oxygen atoms in total. The third-order valence-corrected chi connectivity index (χ3v) is 155. The highest BCUT2D eigenvalue weighted by Gasteiger charge is 2.75. The fraction of sp³-hybridized carbons (Fsp3) is 1.00. The van der Waals surface area contributed by atoms with Crippen LogP contribution in [0.15, 0.2) is 0 Å². The first kappa shape index (κ1) is 33.7. The van der Waals surface area contributed by atoms with Gasteiger partial charge in [0.05, 0.1) is 15.2 Å². The molecular weight excluding hydrogens is 521 g/mol. The molecule has 0 fully saturated rings. The Balaban J connectivity index is 7.85. The van der Waals surface area contributed by atoms with Crippen LogP contribution in [-0.4, -0.2) is 73.0 Å². The van der Waals surface area contributed by atoms with E-state index in [1.165, 1.54) is 0 Å². The van der Waals surface area contributed by atoms with Crippen molar-refractivity contribution in [1.29, 1.82) is 0 Å². The van der Waals surface area contributed by atoms with Crippen molar-refractivity contribution in [2.24, 2.45) is 0 Å². The lowest BCUT2D eigenvalue weighted by Gasteiger charge is -2.64. The van der Waals surface area contributed by atoms with E-state index in [2.05, 4.69) is 120 Å². The van der Waals surface area contributed by atoms with Crippen LogP contribution in [0.1, 0.15) is 41.5 Å². The van der Waals surface area contributed by atoms with Crippen LogP contribution in [0.5, 0.6) is 0 Å². The first-order chi connectivity index (χ1) is 14.0. The summed E-state index contributed by atoms with van der Waals surface area (Å²) in [5, 5.41) is 0. The van der Waals surface area contributed by atoms with Gasteiger partial charge in [-0.2, -0.15) is 0 Å². The van der Waals surface area contributed by atoms with Gasteiger partial charge in [-0.15, -0.1) is 0 Å². The van der Waals surface area contributed by atoms with Crippen molar-refractivity contribution in [3.63, 3.8) is 0 Å². The van der Waals surface area contributed by atoms with Gasteiger partial charge in [0.2, 0.25) is 0 Å².